The van der Waals surface area contributed by atoms with Crippen LogP contribution in [0.1, 0.15) is 23.2 Å². The number of nitro groups is 1. The van der Waals surface area contributed by atoms with E-state index in [2.05, 4.69) is 10.6 Å². The van der Waals surface area contributed by atoms with Crippen LogP contribution in [0, 0.1) is 16.0 Å². The smallest absolute Gasteiger partial charge is 0.292 e. The SMILES string of the molecule is CNc1cc(C(=O)NCC2CCOCC2)ccc1[N+](=O)[O-]. The zero-order valence-electron chi connectivity index (χ0n) is 11.9. The monoisotopic (exact) mass is 293 g/mol. The van der Waals surface area contributed by atoms with Crippen LogP contribution in [0.5, 0.6) is 0 Å². The van der Waals surface area contributed by atoms with Crippen molar-refractivity contribution in [3.8, 4) is 0 Å². The fraction of sp³-hybridized carbons (Fsp3) is 0.500. The molecule has 7 heteroatoms. The number of carbonyl (C=O) groups excluding carboxylic acids is 1. The molecule has 1 amide bonds. The number of anilines is 1. The molecule has 1 heterocycles. The number of hydrogen-bond acceptors (Lipinski definition) is 5. The van der Waals surface area contributed by atoms with Crippen molar-refractivity contribution in [2.45, 2.75) is 12.8 Å². The summed E-state index contributed by atoms with van der Waals surface area (Å²) in [5.74, 6) is 0.220. The van der Waals surface area contributed by atoms with Gasteiger partial charge >= 0.3 is 0 Å². The Morgan fingerprint density at radius 3 is 2.76 bits per heavy atom. The second-order valence-corrected chi connectivity index (χ2v) is 5.00. The van der Waals surface area contributed by atoms with Crippen LogP contribution in [0.25, 0.3) is 0 Å². The highest BCUT2D eigenvalue weighted by atomic mass is 16.6. The molecule has 0 spiro atoms. The van der Waals surface area contributed by atoms with Crippen LogP contribution in [-0.2, 0) is 4.74 Å². The minimum absolute atomic E-state index is 0.0431. The molecule has 0 atom stereocenters. The molecule has 1 aromatic rings. The summed E-state index contributed by atoms with van der Waals surface area (Å²) in [5, 5.41) is 16.5. The van der Waals surface area contributed by atoms with E-state index in [0.717, 1.165) is 26.1 Å². The second-order valence-electron chi connectivity index (χ2n) is 5.00. The lowest BCUT2D eigenvalue weighted by Crippen LogP contribution is -2.32. The van der Waals surface area contributed by atoms with E-state index in [1.54, 1.807) is 7.05 Å². The summed E-state index contributed by atoms with van der Waals surface area (Å²) in [5.41, 5.74) is 0.703. The fourth-order valence-corrected chi connectivity index (χ4v) is 2.33. The summed E-state index contributed by atoms with van der Waals surface area (Å²) in [6.45, 7) is 2.08. The molecule has 114 valence electrons. The number of nitrogens with zero attached hydrogens (tertiary/aromatic N) is 1. The molecule has 0 aliphatic carbocycles. The van der Waals surface area contributed by atoms with E-state index in [9.17, 15) is 14.9 Å². The van der Waals surface area contributed by atoms with Crippen LogP contribution in [0.2, 0.25) is 0 Å². The molecule has 0 bridgehead atoms. The molecular formula is C14H19N3O4. The predicted octanol–water partition coefficient (Wildman–Crippen LogP) is 1.79. The highest BCUT2D eigenvalue weighted by Gasteiger charge is 2.18. The van der Waals surface area contributed by atoms with Gasteiger partial charge in [0.05, 0.1) is 4.92 Å². The van der Waals surface area contributed by atoms with Gasteiger partial charge in [0, 0.05) is 38.4 Å². The standard InChI is InChI=1S/C14H19N3O4/c1-15-12-8-11(2-3-13(12)17(19)20)14(18)16-9-10-4-6-21-7-5-10/h2-3,8,10,15H,4-7,9H2,1H3,(H,16,18). The highest BCUT2D eigenvalue weighted by molar-refractivity contribution is 5.95. The lowest BCUT2D eigenvalue weighted by atomic mass is 10.0. The molecule has 0 aromatic heterocycles. The Kier molecular flexibility index (Phi) is 5.10. The van der Waals surface area contributed by atoms with E-state index in [1.165, 1.54) is 18.2 Å². The van der Waals surface area contributed by atoms with Gasteiger partial charge in [-0.25, -0.2) is 0 Å². The van der Waals surface area contributed by atoms with Gasteiger partial charge in [-0.2, -0.15) is 0 Å². The van der Waals surface area contributed by atoms with Gasteiger partial charge in [0.2, 0.25) is 0 Å². The zero-order chi connectivity index (χ0) is 15.2. The maximum absolute atomic E-state index is 12.1. The number of rotatable bonds is 5. The summed E-state index contributed by atoms with van der Waals surface area (Å²) < 4.78 is 5.27. The van der Waals surface area contributed by atoms with Crippen LogP contribution in [0.15, 0.2) is 18.2 Å². The van der Waals surface area contributed by atoms with Gasteiger partial charge in [-0.1, -0.05) is 0 Å². The van der Waals surface area contributed by atoms with Crippen molar-refractivity contribution in [1.82, 2.24) is 5.32 Å². The molecule has 0 unspecified atom stereocenters. The van der Waals surface area contributed by atoms with E-state index < -0.39 is 4.92 Å². The molecule has 2 rings (SSSR count). The molecule has 7 nitrogen and oxygen atoms in total. The van der Waals surface area contributed by atoms with Crippen molar-refractivity contribution in [2.75, 3.05) is 32.1 Å². The molecule has 2 N–H and O–H groups in total. The number of carbonyl (C=O) groups is 1. The Morgan fingerprint density at radius 1 is 1.43 bits per heavy atom. The second kappa shape index (κ2) is 7.03. The largest absolute Gasteiger partial charge is 0.383 e. The first-order chi connectivity index (χ1) is 10.1. The normalized spacial score (nSPS) is 15.5. The summed E-state index contributed by atoms with van der Waals surface area (Å²) >= 11 is 0. The molecule has 1 aliphatic rings. The lowest BCUT2D eigenvalue weighted by Gasteiger charge is -2.22. The van der Waals surface area contributed by atoms with Crippen LogP contribution in [0.3, 0.4) is 0 Å². The third kappa shape index (κ3) is 3.91. The van der Waals surface area contributed by atoms with Gasteiger partial charge in [-0.15, -0.1) is 0 Å². The summed E-state index contributed by atoms with van der Waals surface area (Å²) in [6, 6.07) is 4.31. The Labute approximate surface area is 122 Å². The third-order valence-electron chi connectivity index (χ3n) is 3.62. The molecule has 0 saturated carbocycles. The van der Waals surface area contributed by atoms with Crippen molar-refractivity contribution >= 4 is 17.3 Å². The third-order valence-corrected chi connectivity index (χ3v) is 3.62. The number of benzene rings is 1. The van der Waals surface area contributed by atoms with Crippen LogP contribution < -0.4 is 10.6 Å². The molecule has 1 fully saturated rings. The molecular weight excluding hydrogens is 274 g/mol. The number of ether oxygens (including phenoxy) is 1. The minimum atomic E-state index is -0.477. The quantitative estimate of drug-likeness (QED) is 0.637. The first-order valence-electron chi connectivity index (χ1n) is 6.94. The number of hydrogen-bond donors (Lipinski definition) is 2. The molecule has 1 saturated heterocycles. The maximum atomic E-state index is 12.1. The Hall–Kier alpha value is -2.15. The van der Waals surface area contributed by atoms with E-state index in [-0.39, 0.29) is 11.6 Å². The number of nitro benzene ring substituents is 1. The van der Waals surface area contributed by atoms with Crippen molar-refractivity contribution in [2.24, 2.45) is 5.92 Å². The summed E-state index contributed by atoms with van der Waals surface area (Å²) in [6.07, 6.45) is 1.89. The van der Waals surface area contributed by atoms with Gasteiger partial charge in [0.1, 0.15) is 5.69 Å². The van der Waals surface area contributed by atoms with E-state index in [4.69, 9.17) is 4.74 Å². The van der Waals surface area contributed by atoms with Crippen molar-refractivity contribution < 1.29 is 14.5 Å². The molecule has 0 radical (unpaired) electrons. The van der Waals surface area contributed by atoms with Gasteiger partial charge in [0.25, 0.3) is 11.6 Å². The zero-order valence-corrected chi connectivity index (χ0v) is 11.9. The molecule has 1 aromatic carbocycles. The van der Waals surface area contributed by atoms with Crippen molar-refractivity contribution in [3.63, 3.8) is 0 Å². The van der Waals surface area contributed by atoms with Crippen LogP contribution in [0.4, 0.5) is 11.4 Å². The average molecular weight is 293 g/mol. The Bertz CT molecular complexity index is 527. The Balaban J connectivity index is 2.00. The maximum Gasteiger partial charge on any atom is 0.292 e. The molecule has 21 heavy (non-hydrogen) atoms. The average Bonchev–Trinajstić information content (AvgIpc) is 2.52. The van der Waals surface area contributed by atoms with E-state index in [0.29, 0.717) is 23.7 Å². The minimum Gasteiger partial charge on any atom is -0.383 e. The van der Waals surface area contributed by atoms with Crippen molar-refractivity contribution in [3.05, 3.63) is 33.9 Å². The van der Waals surface area contributed by atoms with Gasteiger partial charge < -0.3 is 15.4 Å². The molecule has 1 aliphatic heterocycles. The van der Waals surface area contributed by atoms with Crippen LogP contribution >= 0.6 is 0 Å². The topological polar surface area (TPSA) is 93.5 Å². The van der Waals surface area contributed by atoms with Gasteiger partial charge in [-0.05, 0) is 30.9 Å². The fourth-order valence-electron chi connectivity index (χ4n) is 2.33. The lowest BCUT2D eigenvalue weighted by molar-refractivity contribution is -0.383. The van der Waals surface area contributed by atoms with E-state index in [1.807, 2.05) is 0 Å². The Morgan fingerprint density at radius 2 is 2.14 bits per heavy atom. The van der Waals surface area contributed by atoms with E-state index >= 15 is 0 Å². The van der Waals surface area contributed by atoms with Gasteiger partial charge in [-0.3, -0.25) is 14.9 Å². The van der Waals surface area contributed by atoms with Crippen LogP contribution in [-0.4, -0.2) is 37.6 Å². The number of amides is 1. The first-order valence-corrected chi connectivity index (χ1v) is 6.94. The predicted molar refractivity (Wildman–Crippen MR) is 78.5 cm³/mol. The summed E-state index contributed by atoms with van der Waals surface area (Å²) in [7, 11) is 1.59. The van der Waals surface area contributed by atoms with Crippen molar-refractivity contribution in [1.29, 1.82) is 0 Å². The van der Waals surface area contributed by atoms with Gasteiger partial charge in [0.15, 0.2) is 0 Å². The number of nitrogens with one attached hydrogen (secondary N) is 2. The first kappa shape index (κ1) is 15.2. The summed E-state index contributed by atoms with van der Waals surface area (Å²) in [4.78, 5) is 22.5. The highest BCUT2D eigenvalue weighted by Crippen LogP contribution is 2.25.